The zero-order chi connectivity index (χ0) is 17.3. The SMILES string of the molecule is CS(=O)(=O)N1CCCC1c1nccnc1-c1ccc(C(=O)O)cc1. The predicted molar refractivity (Wildman–Crippen MR) is 88.0 cm³/mol. The van der Waals surface area contributed by atoms with Gasteiger partial charge in [0.15, 0.2) is 0 Å². The lowest BCUT2D eigenvalue weighted by atomic mass is 10.0. The van der Waals surface area contributed by atoms with Crippen LogP contribution >= 0.6 is 0 Å². The van der Waals surface area contributed by atoms with E-state index in [1.807, 2.05) is 0 Å². The van der Waals surface area contributed by atoms with Gasteiger partial charge in [-0.2, -0.15) is 4.31 Å². The lowest BCUT2D eigenvalue weighted by molar-refractivity contribution is 0.0697. The predicted octanol–water partition coefficient (Wildman–Crippen LogP) is 1.94. The Morgan fingerprint density at radius 3 is 2.50 bits per heavy atom. The summed E-state index contributed by atoms with van der Waals surface area (Å²) in [6.07, 6.45) is 5.74. The van der Waals surface area contributed by atoms with Crippen molar-refractivity contribution in [3.05, 3.63) is 47.9 Å². The van der Waals surface area contributed by atoms with E-state index in [-0.39, 0.29) is 11.6 Å². The van der Waals surface area contributed by atoms with Crippen LogP contribution in [0.15, 0.2) is 36.7 Å². The van der Waals surface area contributed by atoms with Crippen LogP contribution in [0.4, 0.5) is 0 Å². The zero-order valence-corrected chi connectivity index (χ0v) is 13.9. The normalized spacial score (nSPS) is 18.6. The Kier molecular flexibility index (Phi) is 4.33. The van der Waals surface area contributed by atoms with E-state index < -0.39 is 16.0 Å². The molecule has 2 heterocycles. The molecule has 0 radical (unpaired) electrons. The van der Waals surface area contributed by atoms with E-state index >= 15 is 0 Å². The third-order valence-electron chi connectivity index (χ3n) is 4.08. The van der Waals surface area contributed by atoms with Crippen molar-refractivity contribution in [1.82, 2.24) is 14.3 Å². The van der Waals surface area contributed by atoms with Gasteiger partial charge in [0.25, 0.3) is 0 Å². The maximum Gasteiger partial charge on any atom is 0.335 e. The summed E-state index contributed by atoms with van der Waals surface area (Å²) in [5, 5.41) is 9.00. The van der Waals surface area contributed by atoms with Crippen LogP contribution in [0.1, 0.15) is 34.9 Å². The second-order valence-electron chi connectivity index (χ2n) is 5.70. The number of aromatic nitrogens is 2. The van der Waals surface area contributed by atoms with E-state index in [2.05, 4.69) is 9.97 Å². The van der Waals surface area contributed by atoms with E-state index in [4.69, 9.17) is 5.11 Å². The molecule has 1 N–H and O–H groups in total. The van der Waals surface area contributed by atoms with Gasteiger partial charge in [-0.25, -0.2) is 13.2 Å². The quantitative estimate of drug-likeness (QED) is 0.907. The minimum Gasteiger partial charge on any atom is -0.478 e. The Balaban J connectivity index is 2.04. The second kappa shape index (κ2) is 6.29. The molecular weight excluding hydrogens is 330 g/mol. The zero-order valence-electron chi connectivity index (χ0n) is 13.1. The standard InChI is InChI=1S/C16H17N3O4S/c1-24(22,23)19-10-2-3-13(19)15-14(17-8-9-18-15)11-4-6-12(7-5-11)16(20)21/h4-9,13H,2-3,10H2,1H3,(H,20,21). The van der Waals surface area contributed by atoms with Crippen molar-refractivity contribution >= 4 is 16.0 Å². The van der Waals surface area contributed by atoms with E-state index in [0.717, 1.165) is 6.42 Å². The molecule has 1 aromatic carbocycles. The third kappa shape index (κ3) is 3.15. The molecular formula is C16H17N3O4S. The molecule has 1 atom stereocenters. The molecule has 0 aliphatic carbocycles. The van der Waals surface area contributed by atoms with E-state index in [9.17, 15) is 13.2 Å². The van der Waals surface area contributed by atoms with Gasteiger partial charge in [-0.3, -0.25) is 9.97 Å². The number of nitrogens with zero attached hydrogens (tertiary/aromatic N) is 3. The summed E-state index contributed by atoms with van der Waals surface area (Å²) in [6, 6.07) is 5.98. The van der Waals surface area contributed by atoms with E-state index in [1.54, 1.807) is 24.5 Å². The molecule has 3 rings (SSSR count). The molecule has 8 heteroatoms. The number of aromatic carboxylic acids is 1. The van der Waals surface area contributed by atoms with Crippen LogP contribution in [0.25, 0.3) is 11.3 Å². The van der Waals surface area contributed by atoms with Crippen LogP contribution in [0, 0.1) is 0 Å². The van der Waals surface area contributed by atoms with Gasteiger partial charge in [-0.05, 0) is 25.0 Å². The molecule has 1 aromatic heterocycles. The van der Waals surface area contributed by atoms with Crippen molar-refractivity contribution < 1.29 is 18.3 Å². The lowest BCUT2D eigenvalue weighted by Gasteiger charge is -2.23. The maximum absolute atomic E-state index is 12.0. The highest BCUT2D eigenvalue weighted by atomic mass is 32.2. The fourth-order valence-electron chi connectivity index (χ4n) is 3.00. The van der Waals surface area contributed by atoms with Crippen LogP contribution < -0.4 is 0 Å². The van der Waals surface area contributed by atoms with Crippen molar-refractivity contribution in [3.8, 4) is 11.3 Å². The monoisotopic (exact) mass is 347 g/mol. The first kappa shape index (κ1) is 16.5. The first-order chi connectivity index (χ1) is 11.4. The van der Waals surface area contributed by atoms with Gasteiger partial charge in [0.2, 0.25) is 10.0 Å². The number of carboxylic acids is 1. The van der Waals surface area contributed by atoms with Crippen LogP contribution in [0.5, 0.6) is 0 Å². The second-order valence-corrected chi connectivity index (χ2v) is 7.64. The molecule has 1 aliphatic heterocycles. The number of rotatable bonds is 4. The fraction of sp³-hybridized carbons (Fsp3) is 0.312. The van der Waals surface area contributed by atoms with Crippen molar-refractivity contribution in [2.24, 2.45) is 0 Å². The Morgan fingerprint density at radius 1 is 1.21 bits per heavy atom. The van der Waals surface area contributed by atoms with Gasteiger partial charge in [-0.1, -0.05) is 12.1 Å². The average Bonchev–Trinajstić information content (AvgIpc) is 3.05. The van der Waals surface area contributed by atoms with Crippen LogP contribution in [0.2, 0.25) is 0 Å². The topological polar surface area (TPSA) is 100 Å². The van der Waals surface area contributed by atoms with Gasteiger partial charge >= 0.3 is 5.97 Å². The fourth-order valence-corrected chi connectivity index (χ4v) is 4.12. The van der Waals surface area contributed by atoms with Crippen LogP contribution in [-0.4, -0.2) is 46.6 Å². The van der Waals surface area contributed by atoms with Gasteiger partial charge < -0.3 is 5.11 Å². The molecule has 1 unspecified atom stereocenters. The summed E-state index contributed by atoms with van der Waals surface area (Å²) in [4.78, 5) is 19.7. The van der Waals surface area contributed by atoms with Gasteiger partial charge in [0.05, 0.1) is 29.2 Å². The molecule has 0 bridgehead atoms. The third-order valence-corrected chi connectivity index (χ3v) is 5.37. The molecule has 2 aromatic rings. The van der Waals surface area contributed by atoms with Crippen LogP contribution in [-0.2, 0) is 10.0 Å². The Morgan fingerprint density at radius 2 is 1.88 bits per heavy atom. The Bertz CT molecular complexity index is 865. The highest BCUT2D eigenvalue weighted by Crippen LogP contribution is 2.36. The summed E-state index contributed by atoms with van der Waals surface area (Å²) in [5.74, 6) is -1.00. The van der Waals surface area contributed by atoms with Crippen molar-refractivity contribution in [1.29, 1.82) is 0 Å². The van der Waals surface area contributed by atoms with Crippen molar-refractivity contribution in [3.63, 3.8) is 0 Å². The highest BCUT2D eigenvalue weighted by molar-refractivity contribution is 7.88. The maximum atomic E-state index is 12.0. The molecule has 24 heavy (non-hydrogen) atoms. The first-order valence-corrected chi connectivity index (χ1v) is 9.34. The number of hydrogen-bond donors (Lipinski definition) is 1. The minimum absolute atomic E-state index is 0.183. The van der Waals surface area contributed by atoms with Crippen molar-refractivity contribution in [2.45, 2.75) is 18.9 Å². The Hall–Kier alpha value is -2.32. The number of carbonyl (C=O) groups is 1. The lowest BCUT2D eigenvalue weighted by Crippen LogP contribution is -2.30. The summed E-state index contributed by atoms with van der Waals surface area (Å²) >= 11 is 0. The van der Waals surface area contributed by atoms with Gasteiger partial charge in [-0.15, -0.1) is 0 Å². The molecule has 0 amide bonds. The molecule has 1 aliphatic rings. The average molecular weight is 347 g/mol. The minimum atomic E-state index is -3.33. The number of benzene rings is 1. The highest BCUT2D eigenvalue weighted by Gasteiger charge is 2.35. The largest absolute Gasteiger partial charge is 0.478 e. The smallest absolute Gasteiger partial charge is 0.335 e. The summed E-state index contributed by atoms with van der Waals surface area (Å²) < 4.78 is 25.4. The van der Waals surface area contributed by atoms with Crippen LogP contribution in [0.3, 0.4) is 0 Å². The van der Waals surface area contributed by atoms with Gasteiger partial charge in [0.1, 0.15) is 0 Å². The molecule has 1 fully saturated rings. The van der Waals surface area contributed by atoms with Gasteiger partial charge in [0, 0.05) is 24.5 Å². The summed E-state index contributed by atoms with van der Waals surface area (Å²) in [6.45, 7) is 0.470. The Labute approximate surface area is 140 Å². The first-order valence-electron chi connectivity index (χ1n) is 7.49. The summed E-state index contributed by atoms with van der Waals surface area (Å²) in [7, 11) is -3.33. The van der Waals surface area contributed by atoms with E-state index in [0.29, 0.717) is 29.9 Å². The molecule has 0 saturated carbocycles. The summed E-state index contributed by atoms with van der Waals surface area (Å²) in [5.41, 5.74) is 2.07. The molecule has 7 nitrogen and oxygen atoms in total. The molecule has 1 saturated heterocycles. The molecule has 126 valence electrons. The number of hydrogen-bond acceptors (Lipinski definition) is 5. The molecule has 0 spiro atoms. The number of sulfonamides is 1. The van der Waals surface area contributed by atoms with Crippen molar-refractivity contribution in [2.75, 3.05) is 12.8 Å². The number of carboxylic acid groups (broad SMARTS) is 1. The van der Waals surface area contributed by atoms with E-state index in [1.165, 1.54) is 22.7 Å².